The van der Waals surface area contributed by atoms with Crippen molar-refractivity contribution in [2.45, 2.75) is 11.8 Å². The summed E-state index contributed by atoms with van der Waals surface area (Å²) >= 11 is 5.98. The van der Waals surface area contributed by atoms with Gasteiger partial charge in [-0.1, -0.05) is 23.7 Å². The molecule has 1 aromatic carbocycles. The summed E-state index contributed by atoms with van der Waals surface area (Å²) in [4.78, 5) is 8.29. The second-order valence-corrected chi connectivity index (χ2v) is 6.40. The van der Waals surface area contributed by atoms with Crippen molar-refractivity contribution in [1.82, 2.24) is 9.97 Å². The summed E-state index contributed by atoms with van der Waals surface area (Å²) in [5, 5.41) is 3.25. The summed E-state index contributed by atoms with van der Waals surface area (Å²) in [7, 11) is -3.33. The molecule has 0 spiro atoms. The molecule has 0 saturated heterocycles. The molecular weight excluding hydrogens is 286 g/mol. The van der Waals surface area contributed by atoms with E-state index in [1.54, 1.807) is 25.1 Å². The number of anilines is 2. The van der Waals surface area contributed by atoms with Gasteiger partial charge in [-0.3, -0.25) is 0 Å². The molecule has 0 aliphatic rings. The highest BCUT2D eigenvalue weighted by molar-refractivity contribution is 7.90. The SMILES string of the molecule is Cc1ncc(Cl)c(Nc2ccccc2S(C)(=O)=O)n1. The van der Waals surface area contributed by atoms with Crippen LogP contribution in [0.2, 0.25) is 5.02 Å². The van der Waals surface area contributed by atoms with Crippen LogP contribution in [0, 0.1) is 6.92 Å². The van der Waals surface area contributed by atoms with Crippen molar-refractivity contribution in [3.8, 4) is 0 Å². The summed E-state index contributed by atoms with van der Waals surface area (Å²) < 4.78 is 23.4. The zero-order valence-corrected chi connectivity index (χ0v) is 12.0. The van der Waals surface area contributed by atoms with Crippen LogP contribution in [0.15, 0.2) is 35.4 Å². The Morgan fingerprint density at radius 2 is 1.95 bits per heavy atom. The van der Waals surface area contributed by atoms with Crippen molar-refractivity contribution in [2.24, 2.45) is 0 Å². The Bertz CT molecular complexity index is 717. The maximum Gasteiger partial charge on any atom is 0.177 e. The lowest BCUT2D eigenvalue weighted by Crippen LogP contribution is -2.04. The molecule has 1 N–H and O–H groups in total. The first-order valence-corrected chi connectivity index (χ1v) is 7.70. The van der Waals surface area contributed by atoms with Crippen molar-refractivity contribution in [3.05, 3.63) is 41.3 Å². The van der Waals surface area contributed by atoms with E-state index in [2.05, 4.69) is 15.3 Å². The molecule has 2 rings (SSSR count). The molecule has 0 saturated carbocycles. The van der Waals surface area contributed by atoms with E-state index in [1.165, 1.54) is 12.3 Å². The van der Waals surface area contributed by atoms with Crippen molar-refractivity contribution in [3.63, 3.8) is 0 Å². The van der Waals surface area contributed by atoms with Crippen molar-refractivity contribution >= 4 is 32.9 Å². The van der Waals surface area contributed by atoms with E-state index in [0.29, 0.717) is 22.4 Å². The molecule has 19 heavy (non-hydrogen) atoms. The highest BCUT2D eigenvalue weighted by atomic mass is 35.5. The summed E-state index contributed by atoms with van der Waals surface area (Å²) in [6.45, 7) is 1.73. The Balaban J connectivity index is 2.47. The Morgan fingerprint density at radius 1 is 1.26 bits per heavy atom. The normalized spacial score (nSPS) is 11.3. The van der Waals surface area contributed by atoms with Gasteiger partial charge in [0.25, 0.3) is 0 Å². The predicted molar refractivity (Wildman–Crippen MR) is 74.6 cm³/mol. The zero-order chi connectivity index (χ0) is 14.0. The third kappa shape index (κ3) is 3.21. The lowest BCUT2D eigenvalue weighted by Gasteiger charge is -2.11. The number of benzene rings is 1. The standard InChI is InChI=1S/C12H12ClN3O2S/c1-8-14-7-9(13)12(15-8)16-10-5-3-4-6-11(10)19(2,17)18/h3-7H,1-2H3,(H,14,15,16). The number of sulfone groups is 1. The third-order valence-corrected chi connectivity index (χ3v) is 3.84. The van der Waals surface area contributed by atoms with E-state index in [1.807, 2.05) is 0 Å². The van der Waals surface area contributed by atoms with Crippen LogP contribution in [0.3, 0.4) is 0 Å². The number of nitrogens with one attached hydrogen (secondary N) is 1. The van der Waals surface area contributed by atoms with E-state index in [-0.39, 0.29) is 4.90 Å². The van der Waals surface area contributed by atoms with Crippen LogP contribution in [0.5, 0.6) is 0 Å². The number of aryl methyl sites for hydroxylation is 1. The summed E-state index contributed by atoms with van der Waals surface area (Å²) in [6, 6.07) is 6.58. The quantitative estimate of drug-likeness (QED) is 0.943. The summed E-state index contributed by atoms with van der Waals surface area (Å²) in [5.74, 6) is 0.925. The molecule has 5 nitrogen and oxygen atoms in total. The Kier molecular flexibility index (Phi) is 3.73. The van der Waals surface area contributed by atoms with E-state index in [0.717, 1.165) is 6.26 Å². The van der Waals surface area contributed by atoms with Gasteiger partial charge in [0.1, 0.15) is 10.8 Å². The molecule has 0 bridgehead atoms. The first-order valence-electron chi connectivity index (χ1n) is 5.43. The number of para-hydroxylation sites is 1. The fraction of sp³-hybridized carbons (Fsp3) is 0.167. The number of hydrogen-bond acceptors (Lipinski definition) is 5. The minimum absolute atomic E-state index is 0.197. The van der Waals surface area contributed by atoms with E-state index in [9.17, 15) is 8.42 Å². The average molecular weight is 298 g/mol. The fourth-order valence-electron chi connectivity index (χ4n) is 1.56. The molecule has 1 aromatic heterocycles. The van der Waals surface area contributed by atoms with Gasteiger partial charge in [-0.05, 0) is 19.1 Å². The molecular formula is C12H12ClN3O2S. The van der Waals surface area contributed by atoms with Crippen molar-refractivity contribution in [2.75, 3.05) is 11.6 Å². The molecule has 0 unspecified atom stereocenters. The largest absolute Gasteiger partial charge is 0.338 e. The zero-order valence-electron chi connectivity index (χ0n) is 10.4. The molecule has 0 atom stereocenters. The number of halogens is 1. The number of hydrogen-bond donors (Lipinski definition) is 1. The maximum absolute atomic E-state index is 11.7. The van der Waals surface area contributed by atoms with Crippen LogP contribution >= 0.6 is 11.6 Å². The first-order chi connectivity index (χ1) is 8.88. The molecule has 7 heteroatoms. The molecule has 0 fully saturated rings. The van der Waals surface area contributed by atoms with Crippen LogP contribution < -0.4 is 5.32 Å². The van der Waals surface area contributed by atoms with E-state index in [4.69, 9.17) is 11.6 Å². The van der Waals surface area contributed by atoms with Crippen LogP contribution in [0.1, 0.15) is 5.82 Å². The van der Waals surface area contributed by atoms with Crippen LogP contribution in [-0.4, -0.2) is 24.6 Å². The lowest BCUT2D eigenvalue weighted by atomic mass is 10.3. The fourth-order valence-corrected chi connectivity index (χ4v) is 2.55. The maximum atomic E-state index is 11.7. The van der Waals surface area contributed by atoms with Gasteiger partial charge < -0.3 is 5.32 Å². The van der Waals surface area contributed by atoms with Crippen LogP contribution in [-0.2, 0) is 9.84 Å². The van der Waals surface area contributed by atoms with E-state index >= 15 is 0 Å². The third-order valence-electron chi connectivity index (χ3n) is 2.40. The van der Waals surface area contributed by atoms with Gasteiger partial charge >= 0.3 is 0 Å². The van der Waals surface area contributed by atoms with Gasteiger partial charge in [-0.25, -0.2) is 18.4 Å². The molecule has 0 radical (unpaired) electrons. The minimum Gasteiger partial charge on any atom is -0.338 e. The van der Waals surface area contributed by atoms with Crippen molar-refractivity contribution in [1.29, 1.82) is 0 Å². The van der Waals surface area contributed by atoms with E-state index < -0.39 is 9.84 Å². The average Bonchev–Trinajstić information content (AvgIpc) is 2.33. The molecule has 0 aliphatic heterocycles. The lowest BCUT2D eigenvalue weighted by molar-refractivity contribution is 0.602. The molecule has 0 aliphatic carbocycles. The van der Waals surface area contributed by atoms with Crippen molar-refractivity contribution < 1.29 is 8.42 Å². The second kappa shape index (κ2) is 5.14. The van der Waals surface area contributed by atoms with Crippen LogP contribution in [0.25, 0.3) is 0 Å². The van der Waals surface area contributed by atoms with Gasteiger partial charge in [-0.2, -0.15) is 0 Å². The van der Waals surface area contributed by atoms with Gasteiger partial charge in [0.05, 0.1) is 16.8 Å². The molecule has 0 amide bonds. The summed E-state index contributed by atoms with van der Waals surface area (Å²) in [5.41, 5.74) is 0.435. The monoisotopic (exact) mass is 297 g/mol. The van der Waals surface area contributed by atoms with Gasteiger partial charge in [0.15, 0.2) is 15.7 Å². The Morgan fingerprint density at radius 3 is 2.63 bits per heavy atom. The van der Waals surface area contributed by atoms with Gasteiger partial charge in [0.2, 0.25) is 0 Å². The highest BCUT2D eigenvalue weighted by Gasteiger charge is 2.14. The van der Waals surface area contributed by atoms with Crippen LogP contribution in [0.4, 0.5) is 11.5 Å². The highest BCUT2D eigenvalue weighted by Crippen LogP contribution is 2.27. The topological polar surface area (TPSA) is 72.0 Å². The Labute approximate surface area is 116 Å². The van der Waals surface area contributed by atoms with Gasteiger partial charge in [-0.15, -0.1) is 0 Å². The molecule has 2 aromatic rings. The predicted octanol–water partition coefficient (Wildman–Crippen LogP) is 2.59. The second-order valence-electron chi connectivity index (χ2n) is 4.01. The first kappa shape index (κ1) is 13.8. The molecule has 100 valence electrons. The summed E-state index contributed by atoms with van der Waals surface area (Å²) in [6.07, 6.45) is 2.62. The number of nitrogens with zero attached hydrogens (tertiary/aromatic N) is 2. The number of rotatable bonds is 3. The molecule has 1 heterocycles. The minimum atomic E-state index is -3.33. The Hall–Kier alpha value is -1.66. The smallest absolute Gasteiger partial charge is 0.177 e. The number of aromatic nitrogens is 2. The van der Waals surface area contributed by atoms with Gasteiger partial charge in [0, 0.05) is 6.26 Å².